The number of aliphatic imine (C=N–C) groups is 1. The van der Waals surface area contributed by atoms with Gasteiger partial charge in [0.2, 0.25) is 6.08 Å². The first-order valence-corrected chi connectivity index (χ1v) is 18.9. The highest BCUT2D eigenvalue weighted by atomic mass is 16.6. The average molecular weight is 803 g/mol. The first-order valence-electron chi connectivity index (χ1n) is 18.9. The molecule has 6 aromatic rings. The number of isocyanates is 1. The van der Waals surface area contributed by atoms with Gasteiger partial charge in [0, 0.05) is 11.1 Å². The lowest BCUT2D eigenvalue weighted by Crippen LogP contribution is -2.30. The van der Waals surface area contributed by atoms with Crippen molar-refractivity contribution in [3.63, 3.8) is 0 Å². The van der Waals surface area contributed by atoms with Crippen LogP contribution in [0.5, 0.6) is 11.5 Å². The molecular formula is C50H46N2O8. The number of esters is 2. The fourth-order valence-electron chi connectivity index (χ4n) is 5.37. The number of phenolic OH excluding ortho intramolecular Hbond substituents is 1. The van der Waals surface area contributed by atoms with E-state index in [1.54, 1.807) is 26.0 Å². The van der Waals surface area contributed by atoms with Gasteiger partial charge in [-0.1, -0.05) is 134 Å². The molecule has 304 valence electrons. The number of ether oxygens (including phenoxy) is 3. The first-order chi connectivity index (χ1) is 29.0. The molecule has 0 saturated heterocycles. The Kier molecular flexibility index (Phi) is 18.0. The molecule has 0 fully saturated rings. The highest BCUT2D eigenvalue weighted by molar-refractivity contribution is 5.87. The standard InChI is InChI=1S/C25H23NO4.C18H14O.C7H9NO3/c1-18(2)24(27)29-14-13-26-25(28)30-23-16-21(19-9-5-3-6-10-19)15-22(17-23)20-11-7-4-8-12-20;19-18-12-16(14-7-3-1-4-8-14)11-17(13-18)15-9-5-2-6-10-15;1-6(2)7(10)11-4-3-8-5-9/h3-12,15-17H,1,13-14H2,2H3,(H,26,28);1-13,19H;1,3-4H2,2H3. The van der Waals surface area contributed by atoms with E-state index >= 15 is 0 Å². The predicted octanol–water partition coefficient (Wildman–Crippen LogP) is 10.4. The van der Waals surface area contributed by atoms with Gasteiger partial charge in [-0.25, -0.2) is 24.2 Å². The predicted molar refractivity (Wildman–Crippen MR) is 235 cm³/mol. The quantitative estimate of drug-likeness (QED) is 0.0387. The lowest BCUT2D eigenvalue weighted by atomic mass is 9.98. The molecule has 0 aliphatic rings. The van der Waals surface area contributed by atoms with E-state index in [2.05, 4.69) is 40.3 Å². The average Bonchev–Trinajstić information content (AvgIpc) is 3.27. The third-order valence-electron chi connectivity index (χ3n) is 8.27. The minimum Gasteiger partial charge on any atom is -0.508 e. The first kappa shape index (κ1) is 44.9. The van der Waals surface area contributed by atoms with Crippen LogP contribution in [0.1, 0.15) is 13.8 Å². The van der Waals surface area contributed by atoms with Gasteiger partial charge < -0.3 is 24.6 Å². The van der Waals surface area contributed by atoms with E-state index in [0.717, 1.165) is 44.5 Å². The van der Waals surface area contributed by atoms with Crippen molar-refractivity contribution in [2.45, 2.75) is 13.8 Å². The topological polar surface area (TPSA) is 141 Å². The summed E-state index contributed by atoms with van der Waals surface area (Å²) in [6.07, 6.45) is 0.712. The largest absolute Gasteiger partial charge is 0.508 e. The summed E-state index contributed by atoms with van der Waals surface area (Å²) in [5.41, 5.74) is 8.83. The van der Waals surface area contributed by atoms with Crippen molar-refractivity contribution < 1.29 is 38.5 Å². The Morgan fingerprint density at radius 3 is 1.30 bits per heavy atom. The smallest absolute Gasteiger partial charge is 0.412 e. The van der Waals surface area contributed by atoms with Crippen molar-refractivity contribution in [3.8, 4) is 56.0 Å². The molecular weight excluding hydrogens is 757 g/mol. The van der Waals surface area contributed by atoms with E-state index in [9.17, 15) is 24.3 Å². The fraction of sp³-hybridized carbons (Fsp3) is 0.120. The maximum Gasteiger partial charge on any atom is 0.412 e. The van der Waals surface area contributed by atoms with Crippen LogP contribution < -0.4 is 10.1 Å². The second-order valence-corrected chi connectivity index (χ2v) is 13.1. The lowest BCUT2D eigenvalue weighted by Gasteiger charge is -2.12. The number of hydrogen-bond acceptors (Lipinski definition) is 9. The Hall–Kier alpha value is -7.81. The number of amides is 1. The fourth-order valence-corrected chi connectivity index (χ4v) is 5.37. The van der Waals surface area contributed by atoms with Gasteiger partial charge in [0.15, 0.2) is 0 Å². The third kappa shape index (κ3) is 15.3. The van der Waals surface area contributed by atoms with Crippen LogP contribution in [0.2, 0.25) is 0 Å². The van der Waals surface area contributed by atoms with E-state index in [1.165, 1.54) is 6.08 Å². The Morgan fingerprint density at radius 1 is 0.567 bits per heavy atom. The van der Waals surface area contributed by atoms with Gasteiger partial charge in [-0.05, 0) is 94.8 Å². The summed E-state index contributed by atoms with van der Waals surface area (Å²) in [5, 5.41) is 12.5. The van der Waals surface area contributed by atoms with Crippen molar-refractivity contribution >= 4 is 24.1 Å². The molecule has 60 heavy (non-hydrogen) atoms. The van der Waals surface area contributed by atoms with Gasteiger partial charge in [-0.2, -0.15) is 0 Å². The highest BCUT2D eigenvalue weighted by Crippen LogP contribution is 2.32. The zero-order valence-corrected chi connectivity index (χ0v) is 33.5. The summed E-state index contributed by atoms with van der Waals surface area (Å²) in [6.45, 7) is 10.4. The lowest BCUT2D eigenvalue weighted by molar-refractivity contribution is -0.139. The van der Waals surface area contributed by atoms with Crippen molar-refractivity contribution in [3.05, 3.63) is 182 Å². The molecule has 0 aromatic heterocycles. The minimum absolute atomic E-state index is 0.0418. The molecule has 0 aliphatic carbocycles. The van der Waals surface area contributed by atoms with Crippen LogP contribution in [-0.2, 0) is 23.9 Å². The second-order valence-electron chi connectivity index (χ2n) is 13.1. The van der Waals surface area contributed by atoms with Crippen LogP contribution in [0.15, 0.2) is 187 Å². The van der Waals surface area contributed by atoms with Crippen molar-refractivity contribution in [2.75, 3.05) is 26.3 Å². The van der Waals surface area contributed by atoms with Gasteiger partial charge >= 0.3 is 18.0 Å². The number of carbonyl (C=O) groups is 3. The number of benzene rings is 6. The molecule has 0 spiro atoms. The van der Waals surface area contributed by atoms with Gasteiger partial charge in [-0.3, -0.25) is 0 Å². The van der Waals surface area contributed by atoms with Gasteiger partial charge in [0.05, 0.1) is 13.1 Å². The Balaban J connectivity index is 0.000000225. The molecule has 1 amide bonds. The van der Waals surface area contributed by atoms with Crippen LogP contribution in [0.25, 0.3) is 44.5 Å². The normalized spacial score (nSPS) is 9.83. The summed E-state index contributed by atoms with van der Waals surface area (Å²) in [6, 6.07) is 51.3. The van der Waals surface area contributed by atoms with Crippen LogP contribution in [0, 0.1) is 0 Å². The third-order valence-corrected chi connectivity index (χ3v) is 8.27. The molecule has 0 aliphatic heterocycles. The molecule has 6 aromatic carbocycles. The van der Waals surface area contributed by atoms with Crippen molar-refractivity contribution in [2.24, 2.45) is 4.99 Å². The maximum absolute atomic E-state index is 12.2. The zero-order valence-electron chi connectivity index (χ0n) is 33.5. The summed E-state index contributed by atoms with van der Waals surface area (Å²) >= 11 is 0. The van der Waals surface area contributed by atoms with Gasteiger partial charge in [-0.15, -0.1) is 0 Å². The molecule has 10 nitrogen and oxygen atoms in total. The number of hydrogen-bond donors (Lipinski definition) is 2. The number of rotatable bonds is 13. The maximum atomic E-state index is 12.2. The molecule has 10 heteroatoms. The second kappa shape index (κ2) is 24.1. The number of aromatic hydroxyl groups is 1. The molecule has 0 bridgehead atoms. The molecule has 0 atom stereocenters. The SMILES string of the molecule is C=C(C)C(=O)OCCN=C=O.C=C(C)C(=O)OCCNC(=O)Oc1cc(-c2ccccc2)cc(-c2ccccc2)c1.Oc1cc(-c2ccccc2)cc(-c2ccccc2)c1. The highest BCUT2D eigenvalue weighted by Gasteiger charge is 2.11. The van der Waals surface area contributed by atoms with Crippen LogP contribution in [0.4, 0.5) is 4.79 Å². The van der Waals surface area contributed by atoms with Crippen molar-refractivity contribution in [1.29, 1.82) is 0 Å². The summed E-state index contributed by atoms with van der Waals surface area (Å²) in [5.74, 6) is -0.244. The van der Waals surface area contributed by atoms with Gasteiger partial charge in [0.1, 0.15) is 24.7 Å². The Labute approximate surface area is 350 Å². The molecule has 0 heterocycles. The number of carbonyl (C=O) groups excluding carboxylic acids is 4. The minimum atomic E-state index is -0.620. The monoisotopic (exact) mass is 802 g/mol. The molecule has 0 saturated carbocycles. The van der Waals surface area contributed by atoms with Crippen LogP contribution >= 0.6 is 0 Å². The zero-order chi connectivity index (χ0) is 43.1. The van der Waals surface area contributed by atoms with E-state index in [0.29, 0.717) is 22.6 Å². The Bertz CT molecular complexity index is 2280. The van der Waals surface area contributed by atoms with Crippen LogP contribution in [0.3, 0.4) is 0 Å². The van der Waals surface area contributed by atoms with E-state index < -0.39 is 18.0 Å². The van der Waals surface area contributed by atoms with E-state index in [1.807, 2.05) is 133 Å². The van der Waals surface area contributed by atoms with Crippen LogP contribution in [-0.4, -0.2) is 55.5 Å². The molecule has 2 N–H and O–H groups in total. The molecule has 6 rings (SSSR count). The Morgan fingerprint density at radius 2 is 0.933 bits per heavy atom. The number of phenols is 1. The summed E-state index contributed by atoms with van der Waals surface area (Å²) < 4.78 is 15.0. The summed E-state index contributed by atoms with van der Waals surface area (Å²) in [4.78, 5) is 46.9. The number of nitrogens with one attached hydrogen (secondary N) is 1. The number of nitrogens with zero attached hydrogens (tertiary/aromatic N) is 1. The van der Waals surface area contributed by atoms with Crippen molar-refractivity contribution in [1.82, 2.24) is 5.32 Å². The van der Waals surface area contributed by atoms with E-state index in [-0.39, 0.29) is 26.3 Å². The molecule has 0 radical (unpaired) electrons. The molecule has 0 unspecified atom stereocenters. The summed E-state index contributed by atoms with van der Waals surface area (Å²) in [7, 11) is 0. The van der Waals surface area contributed by atoms with E-state index in [4.69, 9.17) is 9.47 Å². The van der Waals surface area contributed by atoms with Gasteiger partial charge in [0.25, 0.3) is 0 Å².